The van der Waals surface area contributed by atoms with Crippen LogP contribution >= 0.6 is 0 Å². The number of nitrogens with zero attached hydrogens (tertiary/aromatic N) is 3. The number of likely N-dealkylation sites (tertiary alicyclic amines) is 1. The zero-order valence-corrected chi connectivity index (χ0v) is 19.1. The zero-order valence-electron chi connectivity index (χ0n) is 19.1. The Morgan fingerprint density at radius 2 is 2.00 bits per heavy atom. The molecule has 3 amide bonds. The van der Waals surface area contributed by atoms with E-state index in [4.69, 9.17) is 10.5 Å². The van der Waals surface area contributed by atoms with Crippen molar-refractivity contribution in [3.05, 3.63) is 0 Å². The Balaban J connectivity index is 1.67. The number of carbonyl (C=O) groups is 2. The van der Waals surface area contributed by atoms with Gasteiger partial charge in [-0.05, 0) is 37.5 Å². The summed E-state index contributed by atoms with van der Waals surface area (Å²) in [6.07, 6.45) is 7.71. The minimum Gasteiger partial charge on any atom is -0.377 e. The van der Waals surface area contributed by atoms with Gasteiger partial charge in [-0.25, -0.2) is 4.79 Å². The van der Waals surface area contributed by atoms with E-state index in [1.165, 1.54) is 32.1 Å². The van der Waals surface area contributed by atoms with E-state index in [1.54, 1.807) is 4.90 Å². The molecule has 0 bridgehead atoms. The smallest absolute Gasteiger partial charge is 0.315 e. The number of nitrogens with one attached hydrogen (secondary N) is 1. The number of amides is 3. The van der Waals surface area contributed by atoms with Crippen LogP contribution in [0.1, 0.15) is 58.8 Å². The van der Waals surface area contributed by atoms with E-state index in [9.17, 15) is 14.9 Å². The molecule has 8 heteroatoms. The number of morpholine rings is 1. The molecule has 3 fully saturated rings. The van der Waals surface area contributed by atoms with Gasteiger partial charge in [-0.1, -0.05) is 33.1 Å². The highest BCUT2D eigenvalue weighted by Gasteiger charge is 2.44. The maximum absolute atomic E-state index is 13.4. The van der Waals surface area contributed by atoms with Crippen molar-refractivity contribution >= 4 is 11.9 Å². The Kier molecular flexibility index (Phi) is 8.17. The van der Waals surface area contributed by atoms with Crippen LogP contribution in [0.25, 0.3) is 0 Å². The average Bonchev–Trinajstić information content (AvgIpc) is 3.15. The second-order valence-electron chi connectivity index (χ2n) is 10.1. The first-order valence-corrected chi connectivity index (χ1v) is 11.9. The van der Waals surface area contributed by atoms with Crippen molar-refractivity contribution < 1.29 is 14.3 Å². The van der Waals surface area contributed by atoms with Gasteiger partial charge in [-0.3, -0.25) is 9.69 Å². The third kappa shape index (κ3) is 6.11. The fourth-order valence-electron chi connectivity index (χ4n) is 5.51. The minimum absolute atomic E-state index is 0.170. The molecule has 1 aliphatic carbocycles. The Bertz CT molecular complexity index is 673. The molecule has 174 valence electrons. The molecule has 0 aromatic heterocycles. The standard InChI is InChI=1S/C23H39N5O3/c1-17(2)12-19(20-14-31-11-10-28(20)22(25)30)21(29)26-23(15-24)8-9-27(16-23)13-18-6-4-3-5-7-18/h17-20H,3-14,16H2,1-2H3,(H2,25,30)(H,26,29). The highest BCUT2D eigenvalue weighted by Crippen LogP contribution is 2.29. The molecule has 31 heavy (non-hydrogen) atoms. The van der Waals surface area contributed by atoms with Crippen LogP contribution in [0.2, 0.25) is 0 Å². The number of hydrogen-bond acceptors (Lipinski definition) is 5. The van der Waals surface area contributed by atoms with Gasteiger partial charge in [0.1, 0.15) is 5.54 Å². The monoisotopic (exact) mass is 433 g/mol. The van der Waals surface area contributed by atoms with Crippen LogP contribution in [-0.4, -0.2) is 72.7 Å². The third-order valence-corrected chi connectivity index (χ3v) is 7.14. The normalized spacial score (nSPS) is 29.0. The predicted molar refractivity (Wildman–Crippen MR) is 118 cm³/mol. The molecule has 2 saturated heterocycles. The number of carbonyl (C=O) groups excluding carboxylic acids is 2. The molecule has 0 spiro atoms. The van der Waals surface area contributed by atoms with E-state index >= 15 is 0 Å². The number of urea groups is 1. The van der Waals surface area contributed by atoms with Crippen LogP contribution in [0.3, 0.4) is 0 Å². The number of primary amides is 1. The molecular formula is C23H39N5O3. The van der Waals surface area contributed by atoms with E-state index < -0.39 is 23.5 Å². The molecule has 3 rings (SSSR count). The van der Waals surface area contributed by atoms with Crippen LogP contribution in [-0.2, 0) is 9.53 Å². The fraction of sp³-hybridized carbons (Fsp3) is 0.870. The van der Waals surface area contributed by atoms with Crippen molar-refractivity contribution in [2.75, 3.05) is 39.4 Å². The maximum Gasteiger partial charge on any atom is 0.315 e. The highest BCUT2D eigenvalue weighted by atomic mass is 16.5. The topological polar surface area (TPSA) is 112 Å². The van der Waals surface area contributed by atoms with Gasteiger partial charge in [0.25, 0.3) is 0 Å². The molecule has 0 aromatic rings. The molecule has 8 nitrogen and oxygen atoms in total. The van der Waals surface area contributed by atoms with Crippen molar-refractivity contribution in [3.63, 3.8) is 0 Å². The molecule has 3 atom stereocenters. The van der Waals surface area contributed by atoms with Crippen LogP contribution < -0.4 is 11.1 Å². The first-order chi connectivity index (χ1) is 14.8. The molecule has 1 saturated carbocycles. The Labute approximate surface area is 186 Å². The summed E-state index contributed by atoms with van der Waals surface area (Å²) in [5, 5.41) is 13.1. The van der Waals surface area contributed by atoms with Crippen LogP contribution in [0.15, 0.2) is 0 Å². The minimum atomic E-state index is -0.867. The lowest BCUT2D eigenvalue weighted by atomic mass is 9.87. The van der Waals surface area contributed by atoms with Gasteiger partial charge in [0.05, 0.1) is 31.2 Å². The largest absolute Gasteiger partial charge is 0.377 e. The lowest BCUT2D eigenvalue weighted by molar-refractivity contribution is -0.131. The average molecular weight is 434 g/mol. The summed E-state index contributed by atoms with van der Waals surface area (Å²) in [6, 6.07) is 1.49. The summed E-state index contributed by atoms with van der Waals surface area (Å²) < 4.78 is 5.60. The summed E-state index contributed by atoms with van der Waals surface area (Å²) in [5.41, 5.74) is 4.72. The Morgan fingerprint density at radius 3 is 2.65 bits per heavy atom. The molecule has 3 aliphatic rings. The molecule has 0 aromatic carbocycles. The summed E-state index contributed by atoms with van der Waals surface area (Å²) in [6.45, 7) is 7.64. The van der Waals surface area contributed by atoms with Crippen LogP contribution in [0.5, 0.6) is 0 Å². The van der Waals surface area contributed by atoms with Gasteiger partial charge in [0.2, 0.25) is 5.91 Å². The van der Waals surface area contributed by atoms with Gasteiger partial charge in [-0.15, -0.1) is 0 Å². The van der Waals surface area contributed by atoms with Gasteiger partial charge < -0.3 is 20.7 Å². The molecule has 2 aliphatic heterocycles. The number of ether oxygens (including phenoxy) is 1. The first-order valence-electron chi connectivity index (χ1n) is 11.9. The van der Waals surface area contributed by atoms with E-state index in [0.29, 0.717) is 45.1 Å². The lowest BCUT2D eigenvalue weighted by Crippen LogP contribution is -2.59. The zero-order chi connectivity index (χ0) is 22.4. The second kappa shape index (κ2) is 10.6. The van der Waals surface area contributed by atoms with Crippen molar-refractivity contribution in [1.29, 1.82) is 5.26 Å². The van der Waals surface area contributed by atoms with Gasteiger partial charge in [-0.2, -0.15) is 5.26 Å². The SMILES string of the molecule is CC(C)CC(C(=O)NC1(C#N)CCN(CC2CCCCC2)C1)C1COCCN1C(N)=O. The Morgan fingerprint density at radius 1 is 1.26 bits per heavy atom. The summed E-state index contributed by atoms with van der Waals surface area (Å²) >= 11 is 0. The predicted octanol–water partition coefficient (Wildman–Crippen LogP) is 2.09. The summed E-state index contributed by atoms with van der Waals surface area (Å²) in [4.78, 5) is 29.3. The maximum atomic E-state index is 13.4. The van der Waals surface area contributed by atoms with E-state index in [2.05, 4.69) is 30.1 Å². The van der Waals surface area contributed by atoms with Crippen LogP contribution in [0.4, 0.5) is 4.79 Å². The third-order valence-electron chi connectivity index (χ3n) is 7.14. The molecule has 3 unspecified atom stereocenters. The van der Waals surface area contributed by atoms with Gasteiger partial charge >= 0.3 is 6.03 Å². The fourth-order valence-corrected chi connectivity index (χ4v) is 5.51. The quantitative estimate of drug-likeness (QED) is 0.638. The van der Waals surface area contributed by atoms with Gasteiger partial charge in [0.15, 0.2) is 0 Å². The number of hydrogen-bond donors (Lipinski definition) is 2. The van der Waals surface area contributed by atoms with Gasteiger partial charge in [0, 0.05) is 26.2 Å². The summed E-state index contributed by atoms with van der Waals surface area (Å²) in [5.74, 6) is 0.342. The number of nitrogens with two attached hydrogens (primary N) is 1. The summed E-state index contributed by atoms with van der Waals surface area (Å²) in [7, 11) is 0. The second-order valence-corrected chi connectivity index (χ2v) is 10.1. The van der Waals surface area contributed by atoms with Crippen molar-refractivity contribution in [3.8, 4) is 6.07 Å². The van der Waals surface area contributed by atoms with Crippen molar-refractivity contribution in [1.82, 2.24) is 15.1 Å². The van der Waals surface area contributed by atoms with E-state index in [0.717, 1.165) is 13.1 Å². The van der Waals surface area contributed by atoms with E-state index in [-0.39, 0.29) is 11.8 Å². The molecular weight excluding hydrogens is 394 g/mol. The molecule has 3 N–H and O–H groups in total. The van der Waals surface area contributed by atoms with Crippen LogP contribution in [0, 0.1) is 29.1 Å². The van der Waals surface area contributed by atoms with Crippen molar-refractivity contribution in [2.45, 2.75) is 70.4 Å². The Hall–Kier alpha value is -1.85. The lowest BCUT2D eigenvalue weighted by Gasteiger charge is -2.40. The first kappa shape index (κ1) is 23.8. The number of nitriles is 1. The molecule has 0 radical (unpaired) electrons. The highest BCUT2D eigenvalue weighted by molar-refractivity contribution is 5.82. The van der Waals surface area contributed by atoms with Crippen molar-refractivity contribution in [2.24, 2.45) is 23.5 Å². The van der Waals surface area contributed by atoms with E-state index in [1.807, 2.05) is 0 Å². The molecule has 2 heterocycles. The number of rotatable bonds is 7.